The van der Waals surface area contributed by atoms with Crippen LogP contribution in [-0.2, 0) is 39.6 Å². The van der Waals surface area contributed by atoms with Gasteiger partial charge in [-0.15, -0.1) is 0 Å². The highest BCUT2D eigenvalue weighted by Crippen LogP contribution is 2.48. The summed E-state index contributed by atoms with van der Waals surface area (Å²) < 4.78 is 37.7. The third kappa shape index (κ3) is 5.45. The number of benzene rings is 2. The zero-order chi connectivity index (χ0) is 29.3. The van der Waals surface area contributed by atoms with E-state index in [-0.39, 0.29) is 30.1 Å². The summed E-state index contributed by atoms with van der Waals surface area (Å²) in [6.07, 6.45) is 6.03. The van der Waals surface area contributed by atoms with E-state index in [0.29, 0.717) is 37.4 Å². The number of aryl methyl sites for hydroxylation is 1. The summed E-state index contributed by atoms with van der Waals surface area (Å²) >= 11 is 0. The first-order chi connectivity index (χ1) is 20.3. The third-order valence-corrected chi connectivity index (χ3v) is 9.63. The lowest BCUT2D eigenvalue weighted by atomic mass is 9.74. The van der Waals surface area contributed by atoms with E-state index in [9.17, 15) is 18.5 Å². The van der Waals surface area contributed by atoms with E-state index in [1.165, 1.54) is 5.56 Å². The summed E-state index contributed by atoms with van der Waals surface area (Å²) in [6, 6.07) is 19.6. The highest BCUT2D eigenvalue weighted by molar-refractivity contribution is 7.90. The van der Waals surface area contributed by atoms with E-state index in [1.54, 1.807) is 4.90 Å². The summed E-state index contributed by atoms with van der Waals surface area (Å²) in [5, 5.41) is 9.34. The first kappa shape index (κ1) is 28.2. The van der Waals surface area contributed by atoms with Crippen LogP contribution in [0.4, 0.5) is 4.79 Å². The fraction of sp³-hybridized carbons (Fsp3) is 0.438. The fourth-order valence-corrected chi connectivity index (χ4v) is 7.25. The van der Waals surface area contributed by atoms with Crippen molar-refractivity contribution in [1.82, 2.24) is 14.9 Å². The second-order valence-corrected chi connectivity index (χ2v) is 13.4. The van der Waals surface area contributed by atoms with Gasteiger partial charge in [0.2, 0.25) is 20.9 Å². The maximum absolute atomic E-state index is 13.1. The van der Waals surface area contributed by atoms with Gasteiger partial charge in [0.05, 0.1) is 18.2 Å². The number of hydrogen-bond acceptors (Lipinski definition) is 8. The van der Waals surface area contributed by atoms with Crippen LogP contribution in [0.1, 0.15) is 72.4 Å². The topological polar surface area (TPSA) is 122 Å². The highest BCUT2D eigenvalue weighted by Gasteiger charge is 2.44. The molecule has 218 valence electrons. The van der Waals surface area contributed by atoms with Crippen molar-refractivity contribution in [1.29, 1.82) is 5.26 Å². The third-order valence-electron chi connectivity index (χ3n) is 8.79. The molecule has 3 aromatic rings. The quantitative estimate of drug-likeness (QED) is 0.372. The van der Waals surface area contributed by atoms with Crippen LogP contribution >= 0.6 is 0 Å². The largest absolute Gasteiger partial charge is 0.466 e. The monoisotopic (exact) mass is 586 g/mol. The van der Waals surface area contributed by atoms with Crippen molar-refractivity contribution in [3.8, 4) is 11.9 Å². The summed E-state index contributed by atoms with van der Waals surface area (Å²) in [6.45, 7) is 0.522. The number of nitrogens with zero attached hydrogens (tertiary/aromatic N) is 4. The van der Waals surface area contributed by atoms with Crippen molar-refractivity contribution in [2.24, 2.45) is 0 Å². The predicted octanol–water partition coefficient (Wildman–Crippen LogP) is 5.24. The molecule has 0 bridgehead atoms. The smallest absolute Gasteiger partial charge is 0.410 e. The maximum Gasteiger partial charge on any atom is 0.410 e. The van der Waals surface area contributed by atoms with Crippen LogP contribution in [0, 0.1) is 11.3 Å². The lowest BCUT2D eigenvalue weighted by Crippen LogP contribution is -2.46. The van der Waals surface area contributed by atoms with Gasteiger partial charge in [-0.2, -0.15) is 10.2 Å². The Morgan fingerprint density at radius 3 is 2.69 bits per heavy atom. The summed E-state index contributed by atoms with van der Waals surface area (Å²) in [7, 11) is -3.72. The van der Waals surface area contributed by atoms with E-state index in [2.05, 4.69) is 28.2 Å². The van der Waals surface area contributed by atoms with Crippen molar-refractivity contribution in [2.75, 3.05) is 12.8 Å². The number of rotatable bonds is 5. The molecule has 6 rings (SSSR count). The minimum absolute atomic E-state index is 0.138. The zero-order valence-electron chi connectivity index (χ0n) is 23.7. The average molecular weight is 587 g/mol. The lowest BCUT2D eigenvalue weighted by Gasteiger charge is -2.43. The minimum Gasteiger partial charge on any atom is -0.466 e. The molecule has 3 atom stereocenters. The molecule has 2 unspecified atom stereocenters. The van der Waals surface area contributed by atoms with Crippen molar-refractivity contribution in [3.05, 3.63) is 82.5 Å². The number of likely N-dealkylation sites (tertiary alicyclic amines) is 1. The molecule has 9 nitrogen and oxygen atoms in total. The van der Waals surface area contributed by atoms with E-state index in [1.807, 2.05) is 42.5 Å². The predicted molar refractivity (Wildman–Crippen MR) is 154 cm³/mol. The number of carbonyl (C=O) groups is 1. The Labute approximate surface area is 246 Å². The lowest BCUT2D eigenvalue weighted by molar-refractivity contribution is 0.0181. The van der Waals surface area contributed by atoms with Gasteiger partial charge in [0.15, 0.2) is 0 Å². The molecule has 3 heterocycles. The van der Waals surface area contributed by atoms with Crippen molar-refractivity contribution >= 4 is 15.9 Å². The van der Waals surface area contributed by atoms with Gasteiger partial charge in [0, 0.05) is 30.3 Å². The van der Waals surface area contributed by atoms with Gasteiger partial charge in [-0.25, -0.2) is 18.2 Å². The molecule has 1 amide bonds. The standard InChI is InChI=1S/C32H34N4O5S/c1-42(38,39)30-34-28(26-13-17-32(41-29(26)35-30)16-7-11-23-10-5-6-12-27(23)32)24-15-19-36(25(20-24)14-18-33)31(37)40-21-22-8-3-2-4-9-22/h2-6,8-10,12,24-25H,7,11,13-17,19-21H2,1H3/t24?,25-,32?/m0/s1. The number of fused-ring (bicyclic) bond motifs is 3. The Morgan fingerprint density at radius 1 is 1.12 bits per heavy atom. The molecule has 1 spiro atoms. The van der Waals surface area contributed by atoms with E-state index < -0.39 is 21.5 Å². The fourth-order valence-electron chi connectivity index (χ4n) is 6.73. The molecule has 0 radical (unpaired) electrons. The summed E-state index contributed by atoms with van der Waals surface area (Å²) in [4.78, 5) is 23.7. The Bertz CT molecular complexity index is 1640. The van der Waals surface area contributed by atoms with Crippen molar-refractivity contribution < 1.29 is 22.7 Å². The molecule has 2 aliphatic heterocycles. The average Bonchev–Trinajstić information content (AvgIpc) is 3.00. The van der Waals surface area contributed by atoms with Crippen LogP contribution in [0.15, 0.2) is 59.8 Å². The van der Waals surface area contributed by atoms with Crippen LogP contribution in [0.2, 0.25) is 0 Å². The Morgan fingerprint density at radius 2 is 1.90 bits per heavy atom. The van der Waals surface area contributed by atoms with Crippen LogP contribution in [0.3, 0.4) is 0 Å². The van der Waals surface area contributed by atoms with Gasteiger partial charge < -0.3 is 14.4 Å². The summed E-state index contributed by atoms with van der Waals surface area (Å²) in [5.41, 5.74) is 4.24. The molecule has 0 N–H and O–H groups in total. The highest BCUT2D eigenvalue weighted by atomic mass is 32.2. The number of nitriles is 1. The number of sulfone groups is 1. The second kappa shape index (κ2) is 11.4. The van der Waals surface area contributed by atoms with Gasteiger partial charge >= 0.3 is 6.09 Å². The molecule has 10 heteroatoms. The SMILES string of the molecule is CS(=O)(=O)c1nc2c(c(C3CCN(C(=O)OCc4ccccc4)[C@@H](CC#N)C3)n1)CCC1(CCCc3ccccc31)O2. The molecule has 0 saturated carbocycles. The van der Waals surface area contributed by atoms with E-state index in [4.69, 9.17) is 9.47 Å². The number of hydrogen-bond donors (Lipinski definition) is 0. The molecule has 1 saturated heterocycles. The molecule has 1 aromatic heterocycles. The van der Waals surface area contributed by atoms with Gasteiger partial charge in [0.25, 0.3) is 0 Å². The minimum atomic E-state index is -3.72. The Kier molecular flexibility index (Phi) is 7.62. The van der Waals surface area contributed by atoms with E-state index >= 15 is 0 Å². The van der Waals surface area contributed by atoms with Crippen molar-refractivity contribution in [2.45, 2.75) is 80.7 Å². The maximum atomic E-state index is 13.1. The first-order valence-electron chi connectivity index (χ1n) is 14.5. The Hall–Kier alpha value is -3.97. The normalized spacial score (nSPS) is 23.3. The molecule has 3 aliphatic rings. The van der Waals surface area contributed by atoms with Gasteiger partial charge in [0.1, 0.15) is 12.2 Å². The molecular weight excluding hydrogens is 552 g/mol. The number of piperidine rings is 1. The zero-order valence-corrected chi connectivity index (χ0v) is 24.5. The molecule has 2 aromatic carbocycles. The van der Waals surface area contributed by atoms with Gasteiger partial charge in [-0.3, -0.25) is 0 Å². The molecule has 42 heavy (non-hydrogen) atoms. The van der Waals surface area contributed by atoms with Crippen LogP contribution in [0.25, 0.3) is 0 Å². The number of ether oxygens (including phenoxy) is 2. The number of amides is 1. The molecule has 1 aliphatic carbocycles. The van der Waals surface area contributed by atoms with Crippen LogP contribution in [-0.4, -0.2) is 48.2 Å². The van der Waals surface area contributed by atoms with E-state index in [0.717, 1.165) is 48.6 Å². The first-order valence-corrected chi connectivity index (χ1v) is 16.4. The number of aromatic nitrogens is 2. The molecule has 1 fully saturated rings. The van der Waals surface area contributed by atoms with Crippen LogP contribution in [0.5, 0.6) is 5.88 Å². The second-order valence-electron chi connectivity index (χ2n) is 11.5. The molecular formula is C32H34N4O5S. The van der Waals surface area contributed by atoms with Gasteiger partial charge in [-0.1, -0.05) is 54.6 Å². The number of carbonyl (C=O) groups excluding carboxylic acids is 1. The summed E-state index contributed by atoms with van der Waals surface area (Å²) in [5.74, 6) is 0.181. The van der Waals surface area contributed by atoms with Gasteiger partial charge in [-0.05, 0) is 61.6 Å². The van der Waals surface area contributed by atoms with Crippen LogP contribution < -0.4 is 4.74 Å². The Balaban J connectivity index is 1.29. The van der Waals surface area contributed by atoms with Crippen molar-refractivity contribution in [3.63, 3.8) is 0 Å².